The molecular weight excluding hydrogens is 296 g/mol. The third-order valence-electron chi connectivity index (χ3n) is 3.12. The summed E-state index contributed by atoms with van der Waals surface area (Å²) in [5, 5.41) is 10.00. The number of carbonyl (C=O) groups excluding carboxylic acids is 1. The van der Waals surface area contributed by atoms with Gasteiger partial charge in [0.05, 0.1) is 6.61 Å². The van der Waals surface area contributed by atoms with Crippen molar-refractivity contribution in [3.05, 3.63) is 57.8 Å². The van der Waals surface area contributed by atoms with Crippen molar-refractivity contribution < 1.29 is 14.6 Å². The number of aliphatic hydroxyl groups excluding tert-OH is 1. The number of ether oxygens (including phenoxy) is 1. The van der Waals surface area contributed by atoms with E-state index in [1.54, 1.807) is 6.07 Å². The molecule has 1 aromatic carbocycles. The second-order valence-electron chi connectivity index (χ2n) is 4.91. The van der Waals surface area contributed by atoms with Crippen LogP contribution in [0.1, 0.15) is 41.2 Å². The van der Waals surface area contributed by atoms with Gasteiger partial charge in [0.15, 0.2) is 6.10 Å². The van der Waals surface area contributed by atoms with E-state index in [0.717, 1.165) is 23.3 Å². The first-order chi connectivity index (χ1) is 10.7. The van der Waals surface area contributed by atoms with E-state index in [2.05, 4.69) is 0 Å². The minimum absolute atomic E-state index is 0.360. The first kappa shape index (κ1) is 16.5. The SMILES string of the molecule is CCCCOC(=O)[C@@H](O)c1ccc(/C=C/c2ccccc2)s1. The molecule has 0 bridgehead atoms. The number of carbonyl (C=O) groups is 1. The molecule has 0 fully saturated rings. The van der Waals surface area contributed by atoms with E-state index < -0.39 is 12.1 Å². The third-order valence-corrected chi connectivity index (χ3v) is 4.23. The van der Waals surface area contributed by atoms with Crippen molar-refractivity contribution in [3.8, 4) is 0 Å². The molecule has 3 nitrogen and oxygen atoms in total. The van der Waals surface area contributed by atoms with Crippen molar-refractivity contribution in [1.29, 1.82) is 0 Å². The van der Waals surface area contributed by atoms with E-state index in [1.165, 1.54) is 11.3 Å². The number of esters is 1. The first-order valence-electron chi connectivity index (χ1n) is 7.38. The quantitative estimate of drug-likeness (QED) is 0.612. The summed E-state index contributed by atoms with van der Waals surface area (Å²) in [5.41, 5.74) is 1.11. The Morgan fingerprint density at radius 3 is 2.73 bits per heavy atom. The van der Waals surface area contributed by atoms with Gasteiger partial charge < -0.3 is 9.84 Å². The molecule has 1 N–H and O–H groups in total. The van der Waals surface area contributed by atoms with Crippen LogP contribution in [0, 0.1) is 0 Å². The Morgan fingerprint density at radius 1 is 1.23 bits per heavy atom. The van der Waals surface area contributed by atoms with E-state index in [4.69, 9.17) is 4.74 Å². The van der Waals surface area contributed by atoms with Crippen LogP contribution in [0.4, 0.5) is 0 Å². The van der Waals surface area contributed by atoms with Gasteiger partial charge in [-0.2, -0.15) is 0 Å². The fraction of sp³-hybridized carbons (Fsp3) is 0.278. The molecule has 0 aliphatic rings. The van der Waals surface area contributed by atoms with Gasteiger partial charge in [-0.1, -0.05) is 49.8 Å². The monoisotopic (exact) mass is 316 g/mol. The van der Waals surface area contributed by atoms with Gasteiger partial charge in [0, 0.05) is 9.75 Å². The molecule has 2 aromatic rings. The van der Waals surface area contributed by atoms with Gasteiger partial charge in [-0.25, -0.2) is 4.79 Å². The van der Waals surface area contributed by atoms with E-state index in [-0.39, 0.29) is 0 Å². The first-order valence-corrected chi connectivity index (χ1v) is 8.20. The van der Waals surface area contributed by atoms with E-state index in [1.807, 2.05) is 55.5 Å². The predicted octanol–water partition coefficient (Wildman–Crippen LogP) is 4.30. The number of thiophene rings is 1. The van der Waals surface area contributed by atoms with Crippen molar-refractivity contribution in [2.24, 2.45) is 0 Å². The summed E-state index contributed by atoms with van der Waals surface area (Å²) in [5.74, 6) is -0.575. The van der Waals surface area contributed by atoms with Crippen molar-refractivity contribution >= 4 is 29.5 Å². The Kier molecular flexibility index (Phi) is 6.37. The van der Waals surface area contributed by atoms with Crippen LogP contribution in [0.15, 0.2) is 42.5 Å². The second-order valence-corrected chi connectivity index (χ2v) is 6.05. The van der Waals surface area contributed by atoms with Crippen LogP contribution in [0.2, 0.25) is 0 Å². The predicted molar refractivity (Wildman–Crippen MR) is 90.5 cm³/mol. The Balaban J connectivity index is 1.95. The Bertz CT molecular complexity index is 616. The highest BCUT2D eigenvalue weighted by molar-refractivity contribution is 7.13. The van der Waals surface area contributed by atoms with Crippen molar-refractivity contribution in [3.63, 3.8) is 0 Å². The van der Waals surface area contributed by atoms with Crippen LogP contribution >= 0.6 is 11.3 Å². The lowest BCUT2D eigenvalue weighted by Gasteiger charge is -2.08. The summed E-state index contributed by atoms with van der Waals surface area (Å²) in [6, 6.07) is 13.6. The van der Waals surface area contributed by atoms with Gasteiger partial charge in [0.2, 0.25) is 0 Å². The molecule has 0 radical (unpaired) electrons. The number of rotatable bonds is 7. The molecule has 0 aliphatic carbocycles. The summed E-state index contributed by atoms with van der Waals surface area (Å²) in [7, 11) is 0. The van der Waals surface area contributed by atoms with E-state index in [0.29, 0.717) is 11.5 Å². The van der Waals surface area contributed by atoms with E-state index in [9.17, 15) is 9.90 Å². The number of hydrogen-bond acceptors (Lipinski definition) is 4. The largest absolute Gasteiger partial charge is 0.463 e. The van der Waals surface area contributed by atoms with Crippen LogP contribution in [-0.4, -0.2) is 17.7 Å². The standard InChI is InChI=1S/C18H20O3S/c1-2-3-13-21-18(20)17(19)16-12-11-15(22-16)10-9-14-7-5-4-6-8-14/h4-12,17,19H,2-3,13H2,1H3/b10-9+/t17-/m0/s1. The summed E-state index contributed by atoms with van der Waals surface area (Å²) >= 11 is 1.39. The number of hydrogen-bond donors (Lipinski definition) is 1. The van der Waals surface area contributed by atoms with Crippen molar-refractivity contribution in [2.45, 2.75) is 25.9 Å². The lowest BCUT2D eigenvalue weighted by Crippen LogP contribution is -2.15. The molecule has 0 saturated carbocycles. The molecule has 0 aliphatic heterocycles. The fourth-order valence-corrected chi connectivity index (χ4v) is 2.75. The minimum atomic E-state index is -1.19. The van der Waals surface area contributed by atoms with Crippen LogP contribution < -0.4 is 0 Å². The highest BCUT2D eigenvalue weighted by Crippen LogP contribution is 2.25. The van der Waals surface area contributed by atoms with Gasteiger partial charge >= 0.3 is 5.97 Å². The highest BCUT2D eigenvalue weighted by Gasteiger charge is 2.20. The Hall–Kier alpha value is -1.91. The van der Waals surface area contributed by atoms with Crippen LogP contribution in [0.25, 0.3) is 12.2 Å². The molecule has 22 heavy (non-hydrogen) atoms. The molecule has 0 saturated heterocycles. The topological polar surface area (TPSA) is 46.5 Å². The minimum Gasteiger partial charge on any atom is -0.463 e. The normalized spacial score (nSPS) is 12.5. The zero-order valence-corrected chi connectivity index (χ0v) is 13.4. The Labute approximate surface area is 134 Å². The molecule has 2 rings (SSSR count). The van der Waals surface area contributed by atoms with Crippen LogP contribution in [0.3, 0.4) is 0 Å². The molecule has 0 amide bonds. The van der Waals surface area contributed by atoms with Crippen molar-refractivity contribution in [1.82, 2.24) is 0 Å². The molecule has 0 spiro atoms. The zero-order valence-electron chi connectivity index (χ0n) is 12.6. The van der Waals surface area contributed by atoms with Crippen LogP contribution in [0.5, 0.6) is 0 Å². The maximum Gasteiger partial charge on any atom is 0.340 e. The fourth-order valence-electron chi connectivity index (χ4n) is 1.86. The number of benzene rings is 1. The average molecular weight is 316 g/mol. The molecular formula is C18H20O3S. The van der Waals surface area contributed by atoms with Gasteiger partial charge in [-0.15, -0.1) is 11.3 Å². The average Bonchev–Trinajstić information content (AvgIpc) is 3.02. The third kappa shape index (κ3) is 4.83. The summed E-state index contributed by atoms with van der Waals surface area (Å²) in [6.45, 7) is 2.38. The maximum atomic E-state index is 11.7. The van der Waals surface area contributed by atoms with E-state index >= 15 is 0 Å². The molecule has 1 aromatic heterocycles. The lowest BCUT2D eigenvalue weighted by molar-refractivity contribution is -0.153. The number of unbranched alkanes of at least 4 members (excludes halogenated alkanes) is 1. The maximum absolute atomic E-state index is 11.7. The zero-order chi connectivity index (χ0) is 15.8. The molecule has 1 atom stereocenters. The summed E-state index contributed by atoms with van der Waals surface area (Å²) < 4.78 is 5.04. The van der Waals surface area contributed by atoms with Crippen molar-refractivity contribution in [2.75, 3.05) is 6.61 Å². The molecule has 116 valence electrons. The van der Waals surface area contributed by atoms with Gasteiger partial charge in [-0.05, 0) is 30.2 Å². The lowest BCUT2D eigenvalue weighted by atomic mass is 10.2. The molecule has 1 heterocycles. The molecule has 4 heteroatoms. The number of aliphatic hydroxyl groups is 1. The second kappa shape index (κ2) is 8.51. The molecule has 0 unspecified atom stereocenters. The highest BCUT2D eigenvalue weighted by atomic mass is 32.1. The van der Waals surface area contributed by atoms with Gasteiger partial charge in [0.25, 0.3) is 0 Å². The summed E-state index contributed by atoms with van der Waals surface area (Å²) in [6.07, 6.45) is 4.55. The van der Waals surface area contributed by atoms with Gasteiger partial charge in [-0.3, -0.25) is 0 Å². The van der Waals surface area contributed by atoms with Crippen LogP contribution in [-0.2, 0) is 9.53 Å². The summed E-state index contributed by atoms with van der Waals surface area (Å²) in [4.78, 5) is 13.3. The Morgan fingerprint density at radius 2 is 2.00 bits per heavy atom. The van der Waals surface area contributed by atoms with Gasteiger partial charge in [0.1, 0.15) is 0 Å². The smallest absolute Gasteiger partial charge is 0.340 e.